The Morgan fingerprint density at radius 2 is 2.04 bits per heavy atom. The number of carbonyl (C=O) groups excluding carboxylic acids is 1. The molecule has 1 atom stereocenters. The zero-order valence-corrected chi connectivity index (χ0v) is 13.8. The molecule has 1 aromatic rings. The van der Waals surface area contributed by atoms with E-state index < -0.39 is 17.3 Å². The Labute approximate surface area is 137 Å². The summed E-state index contributed by atoms with van der Waals surface area (Å²) in [7, 11) is 0. The molecule has 1 aliphatic heterocycles. The van der Waals surface area contributed by atoms with Crippen molar-refractivity contribution in [2.24, 2.45) is 11.3 Å². The lowest BCUT2D eigenvalue weighted by Crippen LogP contribution is -2.40. The molecule has 1 heterocycles. The van der Waals surface area contributed by atoms with Gasteiger partial charge in [0.15, 0.2) is 0 Å². The Morgan fingerprint density at radius 1 is 1.39 bits per heavy atom. The molecule has 1 unspecified atom stereocenters. The summed E-state index contributed by atoms with van der Waals surface area (Å²) >= 11 is 0. The molecule has 0 spiro atoms. The highest BCUT2D eigenvalue weighted by atomic mass is 19.1. The van der Waals surface area contributed by atoms with Crippen LogP contribution in [0.3, 0.4) is 0 Å². The SMILES string of the molecule is CC(C)(CC1CCOCC1)C(=O)NCC(O)c1ccccc1F. The minimum absolute atomic E-state index is 0.0109. The van der Waals surface area contributed by atoms with Crippen LogP contribution in [0.25, 0.3) is 0 Å². The number of hydrogen-bond donors (Lipinski definition) is 2. The molecule has 2 N–H and O–H groups in total. The van der Waals surface area contributed by atoms with E-state index in [1.54, 1.807) is 12.1 Å². The van der Waals surface area contributed by atoms with E-state index in [0.717, 1.165) is 32.5 Å². The minimum atomic E-state index is -1.04. The highest BCUT2D eigenvalue weighted by Gasteiger charge is 2.32. The van der Waals surface area contributed by atoms with E-state index in [2.05, 4.69) is 5.32 Å². The molecule has 128 valence electrons. The van der Waals surface area contributed by atoms with Crippen LogP contribution in [-0.4, -0.2) is 30.8 Å². The molecular formula is C18H26FNO3. The number of aliphatic hydroxyl groups is 1. The van der Waals surface area contributed by atoms with Gasteiger partial charge in [-0.3, -0.25) is 4.79 Å². The van der Waals surface area contributed by atoms with Gasteiger partial charge in [-0.25, -0.2) is 4.39 Å². The lowest BCUT2D eigenvalue weighted by atomic mass is 9.79. The van der Waals surface area contributed by atoms with Crippen molar-refractivity contribution in [3.05, 3.63) is 35.6 Å². The van der Waals surface area contributed by atoms with Crippen LogP contribution in [-0.2, 0) is 9.53 Å². The van der Waals surface area contributed by atoms with E-state index in [1.807, 2.05) is 13.8 Å². The number of hydrogen-bond acceptors (Lipinski definition) is 3. The third kappa shape index (κ3) is 5.01. The zero-order chi connectivity index (χ0) is 16.9. The summed E-state index contributed by atoms with van der Waals surface area (Å²) < 4.78 is 19.0. The smallest absolute Gasteiger partial charge is 0.225 e. The highest BCUT2D eigenvalue weighted by Crippen LogP contribution is 2.31. The molecule has 0 aromatic heterocycles. The van der Waals surface area contributed by atoms with Crippen molar-refractivity contribution in [3.63, 3.8) is 0 Å². The van der Waals surface area contributed by atoms with E-state index in [0.29, 0.717) is 5.92 Å². The molecule has 2 rings (SSSR count). The van der Waals surface area contributed by atoms with Crippen LogP contribution in [0.4, 0.5) is 4.39 Å². The number of carbonyl (C=O) groups is 1. The van der Waals surface area contributed by atoms with E-state index >= 15 is 0 Å². The van der Waals surface area contributed by atoms with Crippen LogP contribution in [0.5, 0.6) is 0 Å². The Balaban J connectivity index is 1.86. The first kappa shape index (κ1) is 17.9. The van der Waals surface area contributed by atoms with Crippen molar-refractivity contribution in [3.8, 4) is 0 Å². The second kappa shape index (κ2) is 7.88. The largest absolute Gasteiger partial charge is 0.386 e. The number of rotatable bonds is 6. The summed E-state index contributed by atoms with van der Waals surface area (Å²) in [5.41, 5.74) is -0.313. The molecule has 0 radical (unpaired) electrons. The van der Waals surface area contributed by atoms with Crippen LogP contribution >= 0.6 is 0 Å². The fourth-order valence-electron chi connectivity index (χ4n) is 3.05. The normalized spacial score (nSPS) is 17.7. The molecule has 1 aliphatic rings. The van der Waals surface area contributed by atoms with Crippen molar-refractivity contribution >= 4 is 5.91 Å². The van der Waals surface area contributed by atoms with E-state index in [-0.39, 0.29) is 18.0 Å². The summed E-state index contributed by atoms with van der Waals surface area (Å²) in [6.07, 6.45) is 1.71. The van der Waals surface area contributed by atoms with Gasteiger partial charge in [0.1, 0.15) is 5.82 Å². The molecule has 1 aromatic carbocycles. The van der Waals surface area contributed by atoms with Crippen LogP contribution < -0.4 is 5.32 Å². The van der Waals surface area contributed by atoms with Gasteiger partial charge >= 0.3 is 0 Å². The predicted molar refractivity (Wildman–Crippen MR) is 86.3 cm³/mol. The van der Waals surface area contributed by atoms with Crippen molar-refractivity contribution in [1.29, 1.82) is 0 Å². The minimum Gasteiger partial charge on any atom is -0.386 e. The average Bonchev–Trinajstić information content (AvgIpc) is 2.53. The first-order valence-corrected chi connectivity index (χ1v) is 8.18. The maximum Gasteiger partial charge on any atom is 0.225 e. The third-order valence-corrected chi connectivity index (χ3v) is 4.47. The maximum atomic E-state index is 13.6. The first-order valence-electron chi connectivity index (χ1n) is 8.18. The summed E-state index contributed by atoms with van der Waals surface area (Å²) in [6, 6.07) is 6.06. The van der Waals surface area contributed by atoms with E-state index in [1.165, 1.54) is 12.1 Å². The van der Waals surface area contributed by atoms with Crippen molar-refractivity contribution in [2.75, 3.05) is 19.8 Å². The van der Waals surface area contributed by atoms with Gasteiger partial charge in [0.05, 0.1) is 6.10 Å². The number of amides is 1. The molecule has 5 heteroatoms. The molecule has 1 fully saturated rings. The quantitative estimate of drug-likeness (QED) is 0.846. The van der Waals surface area contributed by atoms with Gasteiger partial charge in [-0.05, 0) is 31.2 Å². The van der Waals surface area contributed by atoms with Gasteiger partial charge in [-0.2, -0.15) is 0 Å². The van der Waals surface area contributed by atoms with Crippen molar-refractivity contribution in [2.45, 2.75) is 39.2 Å². The Bertz CT molecular complexity index is 527. The Kier molecular flexibility index (Phi) is 6.13. The highest BCUT2D eigenvalue weighted by molar-refractivity contribution is 5.81. The van der Waals surface area contributed by atoms with Gasteiger partial charge in [0, 0.05) is 30.7 Å². The molecule has 0 aliphatic carbocycles. The number of ether oxygens (including phenoxy) is 1. The fourth-order valence-corrected chi connectivity index (χ4v) is 3.05. The summed E-state index contributed by atoms with van der Waals surface area (Å²) in [5.74, 6) is -0.0870. The predicted octanol–water partition coefficient (Wildman–Crippen LogP) is 2.82. The van der Waals surface area contributed by atoms with Gasteiger partial charge in [-0.1, -0.05) is 32.0 Å². The molecule has 0 bridgehead atoms. The summed E-state index contributed by atoms with van der Waals surface area (Å²) in [6.45, 7) is 5.35. The van der Waals surface area contributed by atoms with Crippen LogP contribution in [0.15, 0.2) is 24.3 Å². The Morgan fingerprint density at radius 3 is 2.70 bits per heavy atom. The van der Waals surface area contributed by atoms with Crippen molar-refractivity contribution < 1.29 is 19.0 Å². The summed E-state index contributed by atoms with van der Waals surface area (Å²) in [4.78, 5) is 12.4. The topological polar surface area (TPSA) is 58.6 Å². The molecule has 23 heavy (non-hydrogen) atoms. The monoisotopic (exact) mass is 323 g/mol. The summed E-state index contributed by atoms with van der Waals surface area (Å²) in [5, 5.41) is 12.8. The fraction of sp³-hybridized carbons (Fsp3) is 0.611. The van der Waals surface area contributed by atoms with Gasteiger partial charge in [0.25, 0.3) is 0 Å². The molecule has 0 saturated carbocycles. The molecular weight excluding hydrogens is 297 g/mol. The average molecular weight is 323 g/mol. The third-order valence-electron chi connectivity index (χ3n) is 4.47. The van der Waals surface area contributed by atoms with E-state index in [9.17, 15) is 14.3 Å². The van der Waals surface area contributed by atoms with Crippen LogP contribution in [0.2, 0.25) is 0 Å². The van der Waals surface area contributed by atoms with Gasteiger partial charge < -0.3 is 15.2 Å². The number of benzene rings is 1. The Hall–Kier alpha value is -1.46. The van der Waals surface area contributed by atoms with Crippen molar-refractivity contribution in [1.82, 2.24) is 5.32 Å². The lowest BCUT2D eigenvalue weighted by Gasteiger charge is -2.31. The zero-order valence-electron chi connectivity index (χ0n) is 13.8. The maximum absolute atomic E-state index is 13.6. The standard InChI is InChI=1S/C18H26FNO3/c1-18(2,11-13-7-9-23-10-8-13)17(22)20-12-16(21)14-5-3-4-6-15(14)19/h3-6,13,16,21H,7-12H2,1-2H3,(H,20,22). The molecule has 1 amide bonds. The second-order valence-corrected chi connectivity index (χ2v) is 6.89. The number of nitrogens with one attached hydrogen (secondary N) is 1. The molecule has 4 nitrogen and oxygen atoms in total. The van der Waals surface area contributed by atoms with Gasteiger partial charge in [0.2, 0.25) is 5.91 Å². The number of aliphatic hydroxyl groups excluding tert-OH is 1. The van der Waals surface area contributed by atoms with Gasteiger partial charge in [-0.15, -0.1) is 0 Å². The molecule has 1 saturated heterocycles. The van der Waals surface area contributed by atoms with E-state index in [4.69, 9.17) is 4.74 Å². The number of halogens is 1. The van der Waals surface area contributed by atoms with Crippen LogP contribution in [0, 0.1) is 17.2 Å². The lowest BCUT2D eigenvalue weighted by molar-refractivity contribution is -0.131. The second-order valence-electron chi connectivity index (χ2n) is 6.89. The first-order chi connectivity index (χ1) is 10.9. The van der Waals surface area contributed by atoms with Crippen LogP contribution in [0.1, 0.15) is 44.8 Å².